The Morgan fingerprint density at radius 2 is 1.61 bits per heavy atom. The smallest absolute Gasteiger partial charge is 0.160 e. The monoisotopic (exact) mass is 362 g/mol. The zero-order valence-corrected chi connectivity index (χ0v) is 12.4. The van der Waals surface area contributed by atoms with Crippen LogP contribution in [0.25, 0.3) is 22.2 Å². The average Bonchev–Trinajstić information content (AvgIpc) is 2.39. The molecule has 0 amide bonds. The van der Waals surface area contributed by atoms with Gasteiger partial charge in [-0.3, -0.25) is 0 Å². The third-order valence-electron chi connectivity index (χ3n) is 2.72. The molecule has 0 radical (unpaired) electrons. The summed E-state index contributed by atoms with van der Waals surface area (Å²) in [6.07, 6.45) is 3.51. The van der Waals surface area contributed by atoms with E-state index in [1.807, 2.05) is 18.2 Å². The van der Waals surface area contributed by atoms with Crippen LogP contribution in [-0.2, 0) is 0 Å². The SMILES string of the molecule is Brc1ccc2ccc(Br)c(-c3ncccn3)c2c1. The highest BCUT2D eigenvalue weighted by molar-refractivity contribution is 9.10. The highest BCUT2D eigenvalue weighted by Gasteiger charge is 2.10. The van der Waals surface area contributed by atoms with Gasteiger partial charge in [0.05, 0.1) is 0 Å². The van der Waals surface area contributed by atoms with E-state index in [9.17, 15) is 0 Å². The molecule has 2 nitrogen and oxygen atoms in total. The molecule has 0 aliphatic heterocycles. The van der Waals surface area contributed by atoms with Gasteiger partial charge < -0.3 is 0 Å². The normalized spacial score (nSPS) is 10.8. The van der Waals surface area contributed by atoms with Crippen molar-refractivity contribution in [2.24, 2.45) is 0 Å². The number of hydrogen-bond acceptors (Lipinski definition) is 2. The second-order valence-electron chi connectivity index (χ2n) is 3.86. The van der Waals surface area contributed by atoms with Crippen molar-refractivity contribution in [2.45, 2.75) is 0 Å². The summed E-state index contributed by atoms with van der Waals surface area (Å²) >= 11 is 7.09. The van der Waals surface area contributed by atoms with Crippen molar-refractivity contribution < 1.29 is 0 Å². The second kappa shape index (κ2) is 4.78. The molecule has 0 bridgehead atoms. The molecular formula is C14H8Br2N2. The molecule has 0 aliphatic rings. The van der Waals surface area contributed by atoms with Gasteiger partial charge in [-0.2, -0.15) is 0 Å². The van der Waals surface area contributed by atoms with Gasteiger partial charge >= 0.3 is 0 Å². The summed E-state index contributed by atoms with van der Waals surface area (Å²) in [6.45, 7) is 0. The van der Waals surface area contributed by atoms with Crippen LogP contribution in [0.15, 0.2) is 57.7 Å². The molecule has 0 aliphatic carbocycles. The lowest BCUT2D eigenvalue weighted by atomic mass is 10.0. The van der Waals surface area contributed by atoms with E-state index in [0.717, 1.165) is 25.7 Å². The molecule has 0 saturated carbocycles. The van der Waals surface area contributed by atoms with Crippen LogP contribution in [0, 0.1) is 0 Å². The molecular weight excluding hydrogens is 356 g/mol. The third-order valence-corrected chi connectivity index (χ3v) is 3.88. The number of fused-ring (bicyclic) bond motifs is 1. The summed E-state index contributed by atoms with van der Waals surface area (Å²) in [5, 5.41) is 2.30. The Morgan fingerprint density at radius 3 is 2.39 bits per heavy atom. The van der Waals surface area contributed by atoms with Crippen LogP contribution in [-0.4, -0.2) is 9.97 Å². The Kier molecular flexibility index (Phi) is 3.14. The van der Waals surface area contributed by atoms with Crippen LogP contribution < -0.4 is 0 Å². The molecule has 3 aromatic rings. The zero-order chi connectivity index (χ0) is 12.5. The molecule has 4 heteroatoms. The summed E-state index contributed by atoms with van der Waals surface area (Å²) in [6, 6.07) is 12.1. The highest BCUT2D eigenvalue weighted by atomic mass is 79.9. The molecule has 0 N–H and O–H groups in total. The van der Waals surface area contributed by atoms with Crippen molar-refractivity contribution in [1.82, 2.24) is 9.97 Å². The number of aromatic nitrogens is 2. The van der Waals surface area contributed by atoms with E-state index in [4.69, 9.17) is 0 Å². The number of rotatable bonds is 1. The first-order valence-electron chi connectivity index (χ1n) is 5.41. The van der Waals surface area contributed by atoms with E-state index in [1.165, 1.54) is 5.39 Å². The molecule has 2 aromatic carbocycles. The van der Waals surface area contributed by atoms with Gasteiger partial charge in [0, 0.05) is 26.9 Å². The quantitative estimate of drug-likeness (QED) is 0.619. The van der Waals surface area contributed by atoms with E-state index < -0.39 is 0 Å². The van der Waals surface area contributed by atoms with Crippen molar-refractivity contribution in [1.29, 1.82) is 0 Å². The Labute approximate surface area is 121 Å². The minimum absolute atomic E-state index is 0.730. The van der Waals surface area contributed by atoms with Crippen molar-refractivity contribution >= 4 is 42.6 Å². The van der Waals surface area contributed by atoms with Crippen molar-refractivity contribution in [3.05, 3.63) is 57.7 Å². The van der Waals surface area contributed by atoms with Crippen LogP contribution >= 0.6 is 31.9 Å². The summed E-state index contributed by atoms with van der Waals surface area (Å²) in [4.78, 5) is 8.67. The van der Waals surface area contributed by atoms with Crippen LogP contribution in [0.2, 0.25) is 0 Å². The molecule has 88 valence electrons. The largest absolute Gasteiger partial charge is 0.237 e. The molecule has 0 saturated heterocycles. The average molecular weight is 364 g/mol. The van der Waals surface area contributed by atoms with Crippen molar-refractivity contribution in [3.63, 3.8) is 0 Å². The summed E-state index contributed by atoms with van der Waals surface area (Å²) in [5.74, 6) is 0.730. The molecule has 0 atom stereocenters. The van der Waals surface area contributed by atoms with Crippen LogP contribution in [0.5, 0.6) is 0 Å². The molecule has 1 aromatic heterocycles. The van der Waals surface area contributed by atoms with Gasteiger partial charge in [-0.05, 0) is 35.0 Å². The number of halogens is 2. The third kappa shape index (κ3) is 2.06. The van der Waals surface area contributed by atoms with Gasteiger partial charge in [0.15, 0.2) is 5.82 Å². The predicted octanol–water partition coefficient (Wildman–Crippen LogP) is 4.82. The second-order valence-corrected chi connectivity index (χ2v) is 5.63. The maximum Gasteiger partial charge on any atom is 0.160 e. The lowest BCUT2D eigenvalue weighted by Crippen LogP contribution is -1.90. The van der Waals surface area contributed by atoms with Gasteiger partial charge in [0.2, 0.25) is 0 Å². The van der Waals surface area contributed by atoms with Crippen LogP contribution in [0.1, 0.15) is 0 Å². The van der Waals surface area contributed by atoms with Gasteiger partial charge in [0.1, 0.15) is 0 Å². The standard InChI is InChI=1S/C14H8Br2N2/c15-10-4-2-9-3-5-12(16)13(11(9)8-10)14-17-6-1-7-18-14/h1-8H. The lowest BCUT2D eigenvalue weighted by molar-refractivity contribution is 1.18. The van der Waals surface area contributed by atoms with E-state index in [-0.39, 0.29) is 0 Å². The Balaban J connectivity index is 2.40. The fraction of sp³-hybridized carbons (Fsp3) is 0. The van der Waals surface area contributed by atoms with Gasteiger partial charge in [-0.25, -0.2) is 9.97 Å². The first-order valence-corrected chi connectivity index (χ1v) is 6.99. The molecule has 3 rings (SSSR count). The van der Waals surface area contributed by atoms with E-state index in [1.54, 1.807) is 12.4 Å². The van der Waals surface area contributed by atoms with Gasteiger partial charge in [-0.15, -0.1) is 0 Å². The first-order chi connectivity index (χ1) is 8.75. The summed E-state index contributed by atoms with van der Waals surface area (Å²) < 4.78 is 2.05. The Bertz CT molecular complexity index is 706. The number of benzene rings is 2. The minimum Gasteiger partial charge on any atom is -0.237 e. The molecule has 1 heterocycles. The predicted molar refractivity (Wildman–Crippen MR) is 80.4 cm³/mol. The van der Waals surface area contributed by atoms with Gasteiger partial charge in [-0.1, -0.05) is 44.0 Å². The van der Waals surface area contributed by atoms with Crippen LogP contribution in [0.3, 0.4) is 0 Å². The first kappa shape index (κ1) is 11.8. The maximum atomic E-state index is 4.33. The fourth-order valence-corrected chi connectivity index (χ4v) is 2.80. The highest BCUT2D eigenvalue weighted by Crippen LogP contribution is 2.34. The van der Waals surface area contributed by atoms with E-state index in [0.29, 0.717) is 0 Å². The molecule has 18 heavy (non-hydrogen) atoms. The number of hydrogen-bond donors (Lipinski definition) is 0. The lowest BCUT2D eigenvalue weighted by Gasteiger charge is -2.08. The van der Waals surface area contributed by atoms with Gasteiger partial charge in [0.25, 0.3) is 0 Å². The molecule has 0 spiro atoms. The summed E-state index contributed by atoms with van der Waals surface area (Å²) in [7, 11) is 0. The maximum absolute atomic E-state index is 4.33. The molecule has 0 unspecified atom stereocenters. The van der Waals surface area contributed by atoms with E-state index in [2.05, 4.69) is 60.0 Å². The van der Waals surface area contributed by atoms with E-state index >= 15 is 0 Å². The topological polar surface area (TPSA) is 25.8 Å². The Hall–Kier alpha value is -1.26. The Morgan fingerprint density at radius 1 is 0.889 bits per heavy atom. The summed E-state index contributed by atoms with van der Waals surface area (Å²) in [5.41, 5.74) is 1.02. The number of nitrogens with zero attached hydrogens (tertiary/aromatic N) is 2. The molecule has 0 fully saturated rings. The fourth-order valence-electron chi connectivity index (χ4n) is 1.92. The van der Waals surface area contributed by atoms with Crippen molar-refractivity contribution in [2.75, 3.05) is 0 Å². The van der Waals surface area contributed by atoms with Crippen molar-refractivity contribution in [3.8, 4) is 11.4 Å². The minimum atomic E-state index is 0.730. The zero-order valence-electron chi connectivity index (χ0n) is 9.27. The van der Waals surface area contributed by atoms with Crippen LogP contribution in [0.4, 0.5) is 0 Å².